The molecule has 4 rings (SSSR count). The van der Waals surface area contributed by atoms with E-state index in [0.717, 1.165) is 11.4 Å². The van der Waals surface area contributed by atoms with Gasteiger partial charge in [0.05, 0.1) is 23.7 Å². The van der Waals surface area contributed by atoms with Crippen molar-refractivity contribution in [1.82, 2.24) is 14.8 Å². The van der Waals surface area contributed by atoms with E-state index in [1.807, 2.05) is 54.0 Å². The number of carbonyl (C=O) groups excluding carboxylic acids is 2. The van der Waals surface area contributed by atoms with Gasteiger partial charge in [-0.25, -0.2) is 0 Å². The van der Waals surface area contributed by atoms with Crippen molar-refractivity contribution < 1.29 is 14.3 Å². The van der Waals surface area contributed by atoms with Gasteiger partial charge in [-0.05, 0) is 24.6 Å². The van der Waals surface area contributed by atoms with Crippen molar-refractivity contribution in [2.24, 2.45) is 0 Å². The first-order chi connectivity index (χ1) is 16.1. The van der Waals surface area contributed by atoms with Crippen LogP contribution in [0.2, 0.25) is 0 Å². The van der Waals surface area contributed by atoms with E-state index in [9.17, 15) is 9.59 Å². The maximum absolute atomic E-state index is 13.3. The second kappa shape index (κ2) is 10.6. The SMILES string of the molecule is COCCn1c(Cc2ccccc2)nnc1SCC(=O)N1c2ccccc2NC(=O)C[C@H]1C. The minimum Gasteiger partial charge on any atom is -0.383 e. The van der Waals surface area contributed by atoms with E-state index in [-0.39, 0.29) is 30.0 Å². The Morgan fingerprint density at radius 3 is 2.70 bits per heavy atom. The number of fused-ring (bicyclic) bond motifs is 1. The molecule has 0 fully saturated rings. The number of nitrogens with one attached hydrogen (secondary N) is 1. The first-order valence-corrected chi connectivity index (χ1v) is 11.8. The molecular weight excluding hydrogens is 438 g/mol. The molecule has 1 aliphatic rings. The average Bonchev–Trinajstić information content (AvgIpc) is 3.12. The fraction of sp³-hybridized carbons (Fsp3) is 0.333. The van der Waals surface area contributed by atoms with Crippen molar-refractivity contribution in [3.63, 3.8) is 0 Å². The molecule has 0 spiro atoms. The van der Waals surface area contributed by atoms with E-state index in [0.29, 0.717) is 36.1 Å². The third kappa shape index (κ3) is 5.43. The third-order valence-corrected chi connectivity index (χ3v) is 6.42. The number of aromatic nitrogens is 3. The number of methoxy groups -OCH3 is 1. The van der Waals surface area contributed by atoms with Gasteiger partial charge < -0.3 is 19.5 Å². The van der Waals surface area contributed by atoms with Crippen LogP contribution in [0.3, 0.4) is 0 Å². The molecule has 0 aliphatic carbocycles. The average molecular weight is 466 g/mol. The third-order valence-electron chi connectivity index (χ3n) is 5.47. The summed E-state index contributed by atoms with van der Waals surface area (Å²) in [4.78, 5) is 27.2. The van der Waals surface area contributed by atoms with E-state index >= 15 is 0 Å². The molecule has 0 unspecified atom stereocenters. The number of rotatable bonds is 8. The Bertz CT molecular complexity index is 1120. The Morgan fingerprint density at radius 1 is 1.15 bits per heavy atom. The second-order valence-corrected chi connectivity index (χ2v) is 8.82. The summed E-state index contributed by atoms with van der Waals surface area (Å²) in [7, 11) is 1.66. The quantitative estimate of drug-likeness (QED) is 0.513. The minimum absolute atomic E-state index is 0.0812. The Labute approximate surface area is 197 Å². The summed E-state index contributed by atoms with van der Waals surface area (Å²) in [6.07, 6.45) is 0.896. The number of benzene rings is 2. The zero-order valence-corrected chi connectivity index (χ0v) is 19.5. The number of thioether (sulfide) groups is 1. The highest BCUT2D eigenvalue weighted by Gasteiger charge is 2.29. The van der Waals surface area contributed by atoms with E-state index < -0.39 is 0 Å². The van der Waals surface area contributed by atoms with Crippen molar-refractivity contribution in [3.05, 3.63) is 66.0 Å². The van der Waals surface area contributed by atoms with Gasteiger partial charge in [-0.2, -0.15) is 0 Å². The number of amides is 2. The van der Waals surface area contributed by atoms with Crippen LogP contribution in [0.15, 0.2) is 59.8 Å². The Balaban J connectivity index is 1.52. The number of ether oxygens (including phenoxy) is 1. The van der Waals surface area contributed by atoms with Crippen molar-refractivity contribution in [2.75, 3.05) is 29.7 Å². The molecule has 0 radical (unpaired) electrons. The van der Waals surface area contributed by atoms with Crippen LogP contribution < -0.4 is 10.2 Å². The molecule has 1 aromatic heterocycles. The van der Waals surface area contributed by atoms with Crippen molar-refractivity contribution in [1.29, 1.82) is 0 Å². The van der Waals surface area contributed by atoms with Gasteiger partial charge in [0.15, 0.2) is 5.16 Å². The molecule has 0 saturated carbocycles. The highest BCUT2D eigenvalue weighted by molar-refractivity contribution is 7.99. The highest BCUT2D eigenvalue weighted by Crippen LogP contribution is 2.32. The molecule has 33 heavy (non-hydrogen) atoms. The lowest BCUT2D eigenvalue weighted by molar-refractivity contribution is -0.117. The van der Waals surface area contributed by atoms with Crippen LogP contribution in [0.5, 0.6) is 0 Å². The summed E-state index contributed by atoms with van der Waals surface area (Å²) in [5, 5.41) is 12.3. The van der Waals surface area contributed by atoms with E-state index in [1.165, 1.54) is 11.8 Å². The lowest BCUT2D eigenvalue weighted by Crippen LogP contribution is -2.40. The molecule has 1 atom stereocenters. The predicted molar refractivity (Wildman–Crippen MR) is 129 cm³/mol. The molecular formula is C24H27N5O3S. The smallest absolute Gasteiger partial charge is 0.237 e. The number of carbonyl (C=O) groups is 2. The monoisotopic (exact) mass is 465 g/mol. The van der Waals surface area contributed by atoms with Gasteiger partial charge in [0, 0.05) is 32.5 Å². The summed E-state index contributed by atoms with van der Waals surface area (Å²) < 4.78 is 7.29. The first kappa shape index (κ1) is 23.0. The van der Waals surface area contributed by atoms with E-state index in [1.54, 1.807) is 12.0 Å². The topological polar surface area (TPSA) is 89.3 Å². The van der Waals surface area contributed by atoms with Crippen LogP contribution in [0.1, 0.15) is 24.7 Å². The maximum atomic E-state index is 13.3. The van der Waals surface area contributed by atoms with Crippen LogP contribution in [0, 0.1) is 0 Å². The Morgan fingerprint density at radius 2 is 1.91 bits per heavy atom. The molecule has 9 heteroatoms. The van der Waals surface area contributed by atoms with Crippen molar-refractivity contribution >= 4 is 35.0 Å². The van der Waals surface area contributed by atoms with Gasteiger partial charge in [0.1, 0.15) is 5.82 Å². The van der Waals surface area contributed by atoms with Crippen LogP contribution in [-0.4, -0.2) is 52.1 Å². The van der Waals surface area contributed by atoms with Gasteiger partial charge in [0.2, 0.25) is 11.8 Å². The molecule has 2 aromatic carbocycles. The second-order valence-electron chi connectivity index (χ2n) is 7.88. The molecule has 172 valence electrons. The van der Waals surface area contributed by atoms with Crippen molar-refractivity contribution in [2.45, 2.75) is 37.5 Å². The largest absolute Gasteiger partial charge is 0.383 e. The minimum atomic E-state index is -0.248. The fourth-order valence-electron chi connectivity index (χ4n) is 3.91. The van der Waals surface area contributed by atoms with Crippen LogP contribution in [0.4, 0.5) is 11.4 Å². The molecule has 1 N–H and O–H groups in total. The van der Waals surface area contributed by atoms with Gasteiger partial charge in [-0.3, -0.25) is 9.59 Å². The van der Waals surface area contributed by atoms with Crippen LogP contribution in [-0.2, 0) is 27.3 Å². The lowest BCUT2D eigenvalue weighted by Gasteiger charge is -2.27. The highest BCUT2D eigenvalue weighted by atomic mass is 32.2. The zero-order chi connectivity index (χ0) is 23.2. The predicted octanol–water partition coefficient (Wildman–Crippen LogP) is 3.37. The van der Waals surface area contributed by atoms with Crippen molar-refractivity contribution in [3.8, 4) is 0 Å². The van der Waals surface area contributed by atoms with Gasteiger partial charge >= 0.3 is 0 Å². The number of nitrogens with zero attached hydrogens (tertiary/aromatic N) is 4. The lowest BCUT2D eigenvalue weighted by atomic mass is 10.1. The molecule has 0 bridgehead atoms. The fourth-order valence-corrected chi connectivity index (χ4v) is 4.75. The normalized spacial score (nSPS) is 15.6. The molecule has 1 aliphatic heterocycles. The molecule has 8 nitrogen and oxygen atoms in total. The van der Waals surface area contributed by atoms with Gasteiger partial charge in [-0.15, -0.1) is 10.2 Å². The van der Waals surface area contributed by atoms with E-state index in [4.69, 9.17) is 4.74 Å². The van der Waals surface area contributed by atoms with Crippen LogP contribution >= 0.6 is 11.8 Å². The van der Waals surface area contributed by atoms with Crippen LogP contribution in [0.25, 0.3) is 0 Å². The standard InChI is InChI=1S/C24H27N5O3S/c1-17-14-22(30)25-19-10-6-7-11-20(19)29(17)23(31)16-33-24-27-26-21(28(24)12-13-32-2)15-18-8-4-3-5-9-18/h3-11,17H,12-16H2,1-2H3,(H,25,30)/t17-/m1/s1. The Kier molecular flexibility index (Phi) is 7.41. The van der Waals surface area contributed by atoms with E-state index in [2.05, 4.69) is 27.6 Å². The summed E-state index contributed by atoms with van der Waals surface area (Å²) in [5.74, 6) is 0.838. The summed E-state index contributed by atoms with van der Waals surface area (Å²) >= 11 is 1.35. The zero-order valence-electron chi connectivity index (χ0n) is 18.7. The number of anilines is 2. The number of hydrogen-bond acceptors (Lipinski definition) is 6. The summed E-state index contributed by atoms with van der Waals surface area (Å²) in [6.45, 7) is 3.01. The number of hydrogen-bond donors (Lipinski definition) is 1. The van der Waals surface area contributed by atoms with Gasteiger partial charge in [0.25, 0.3) is 0 Å². The summed E-state index contributed by atoms with van der Waals surface area (Å²) in [5.41, 5.74) is 2.51. The first-order valence-electron chi connectivity index (χ1n) is 10.9. The maximum Gasteiger partial charge on any atom is 0.237 e. The number of para-hydroxylation sites is 2. The molecule has 3 aromatic rings. The molecule has 0 saturated heterocycles. The summed E-state index contributed by atoms with van der Waals surface area (Å²) in [6, 6.07) is 17.2. The Hall–Kier alpha value is -3.17. The molecule has 2 heterocycles. The molecule has 2 amide bonds. The van der Waals surface area contributed by atoms with Gasteiger partial charge in [-0.1, -0.05) is 54.2 Å².